The topological polar surface area (TPSA) is 116 Å². The molecular weight excluding hydrogens is 388 g/mol. The Labute approximate surface area is 151 Å². The van der Waals surface area contributed by atoms with Gasteiger partial charge >= 0.3 is 10.1 Å². The zero-order valence-electron chi connectivity index (χ0n) is 13.1. The summed E-state index contributed by atoms with van der Waals surface area (Å²) in [6.07, 6.45) is 0. The van der Waals surface area contributed by atoms with Crippen LogP contribution in [0.3, 0.4) is 0 Å². The fourth-order valence-electron chi connectivity index (χ4n) is 1.79. The van der Waals surface area contributed by atoms with Crippen molar-refractivity contribution in [3.8, 4) is 0 Å². The van der Waals surface area contributed by atoms with Gasteiger partial charge in [0.25, 0.3) is 0 Å². The van der Waals surface area contributed by atoms with Gasteiger partial charge in [-0.15, -0.1) is 0 Å². The lowest BCUT2D eigenvalue weighted by Crippen LogP contribution is -2.24. The van der Waals surface area contributed by atoms with Crippen LogP contribution in [0.1, 0.15) is 5.56 Å². The van der Waals surface area contributed by atoms with Crippen LogP contribution in [-0.4, -0.2) is 28.4 Å². The van der Waals surface area contributed by atoms with E-state index in [9.17, 15) is 16.8 Å². The first-order chi connectivity index (χ1) is 11.6. The Morgan fingerprint density at radius 3 is 2.08 bits per heavy atom. The monoisotopic (exact) mass is 402 g/mol. The Balaban J connectivity index is 2.13. The normalized spacial score (nSPS) is 12.8. The largest absolute Gasteiger partial charge is 0.384 e. The predicted molar refractivity (Wildman–Crippen MR) is 94.6 cm³/mol. The standard InChI is InChI=1S/C15H15ClN2O5S2/c1-11-2-6-14(7-3-11)25(21,22)23-18-15(17)10-24(19,20)13-8-4-12(16)5-9-13/h2-9H,10H2,1H3,(H2,17,18). The third kappa shape index (κ3) is 5.18. The van der Waals surface area contributed by atoms with E-state index in [4.69, 9.17) is 17.3 Å². The van der Waals surface area contributed by atoms with Crippen LogP contribution in [0.15, 0.2) is 63.5 Å². The zero-order valence-corrected chi connectivity index (χ0v) is 15.5. The van der Waals surface area contributed by atoms with E-state index >= 15 is 0 Å². The minimum atomic E-state index is -4.18. The molecule has 2 aromatic rings. The number of benzene rings is 2. The molecule has 0 saturated carbocycles. The molecule has 0 bridgehead atoms. The molecule has 2 rings (SSSR count). The number of nitrogens with two attached hydrogens (primary N) is 1. The number of hydrogen-bond donors (Lipinski definition) is 1. The van der Waals surface area contributed by atoms with Gasteiger partial charge in [-0.1, -0.05) is 34.5 Å². The number of nitrogens with zero attached hydrogens (tertiary/aromatic N) is 1. The second-order valence-corrected chi connectivity index (χ2v) is 9.09. The van der Waals surface area contributed by atoms with Gasteiger partial charge in [-0.05, 0) is 43.3 Å². The van der Waals surface area contributed by atoms with E-state index in [2.05, 4.69) is 9.44 Å². The number of halogens is 1. The zero-order chi connectivity index (χ0) is 18.7. The molecule has 0 aliphatic rings. The first-order valence-electron chi connectivity index (χ1n) is 6.91. The van der Waals surface area contributed by atoms with Crippen molar-refractivity contribution >= 4 is 37.4 Å². The first kappa shape index (κ1) is 19.2. The molecule has 0 fully saturated rings. The maximum atomic E-state index is 12.2. The van der Waals surface area contributed by atoms with Crippen molar-refractivity contribution in [2.45, 2.75) is 16.7 Å². The number of oxime groups is 1. The fraction of sp³-hybridized carbons (Fsp3) is 0.133. The molecule has 0 atom stereocenters. The van der Waals surface area contributed by atoms with Crippen LogP contribution in [0, 0.1) is 6.92 Å². The van der Waals surface area contributed by atoms with Crippen molar-refractivity contribution in [1.82, 2.24) is 0 Å². The van der Waals surface area contributed by atoms with Gasteiger partial charge in [-0.25, -0.2) is 8.42 Å². The Morgan fingerprint density at radius 2 is 1.52 bits per heavy atom. The van der Waals surface area contributed by atoms with Crippen LogP contribution in [-0.2, 0) is 24.2 Å². The summed E-state index contributed by atoms with van der Waals surface area (Å²) in [6.45, 7) is 1.80. The lowest BCUT2D eigenvalue weighted by Gasteiger charge is -2.05. The number of rotatable bonds is 6. The summed E-state index contributed by atoms with van der Waals surface area (Å²) in [5.41, 5.74) is 6.36. The molecule has 0 heterocycles. The van der Waals surface area contributed by atoms with Crippen molar-refractivity contribution in [1.29, 1.82) is 0 Å². The van der Waals surface area contributed by atoms with Crippen LogP contribution < -0.4 is 5.73 Å². The highest BCUT2D eigenvalue weighted by Gasteiger charge is 2.19. The van der Waals surface area contributed by atoms with Crippen molar-refractivity contribution in [3.63, 3.8) is 0 Å². The van der Waals surface area contributed by atoms with E-state index in [0.717, 1.165) is 5.56 Å². The summed E-state index contributed by atoms with van der Waals surface area (Å²) in [6, 6.07) is 11.3. The molecule has 7 nitrogen and oxygen atoms in total. The lowest BCUT2D eigenvalue weighted by atomic mass is 10.2. The molecule has 2 N–H and O–H groups in total. The van der Waals surface area contributed by atoms with E-state index < -0.39 is 31.5 Å². The number of sulfone groups is 1. The van der Waals surface area contributed by atoms with Crippen molar-refractivity contribution in [2.24, 2.45) is 10.9 Å². The third-order valence-electron chi connectivity index (χ3n) is 3.07. The summed E-state index contributed by atoms with van der Waals surface area (Å²) < 4.78 is 52.8. The maximum Gasteiger partial charge on any atom is 0.358 e. The van der Waals surface area contributed by atoms with E-state index in [0.29, 0.717) is 5.02 Å². The molecule has 0 spiro atoms. The van der Waals surface area contributed by atoms with E-state index in [1.807, 2.05) is 0 Å². The Kier molecular flexibility index (Phi) is 5.71. The molecular formula is C15H15ClN2O5S2. The number of aryl methyl sites for hydroxylation is 1. The van der Waals surface area contributed by atoms with Crippen LogP contribution in [0.25, 0.3) is 0 Å². The van der Waals surface area contributed by atoms with Gasteiger partial charge in [-0.3, -0.25) is 4.28 Å². The van der Waals surface area contributed by atoms with Crippen LogP contribution in [0.4, 0.5) is 0 Å². The van der Waals surface area contributed by atoms with Crippen molar-refractivity contribution < 1.29 is 21.1 Å². The first-order valence-corrected chi connectivity index (χ1v) is 10.3. The summed E-state index contributed by atoms with van der Waals surface area (Å²) in [4.78, 5) is -0.133. The predicted octanol–water partition coefficient (Wildman–Crippen LogP) is 2.10. The van der Waals surface area contributed by atoms with Gasteiger partial charge in [0.05, 0.1) is 4.90 Å². The quantitative estimate of drug-likeness (QED) is 0.449. The van der Waals surface area contributed by atoms with Gasteiger partial charge in [0.2, 0.25) is 0 Å². The molecule has 0 aliphatic carbocycles. The van der Waals surface area contributed by atoms with Gasteiger partial charge in [0.1, 0.15) is 10.6 Å². The van der Waals surface area contributed by atoms with Gasteiger partial charge in [0, 0.05) is 5.02 Å². The van der Waals surface area contributed by atoms with Gasteiger partial charge in [0.15, 0.2) is 15.7 Å². The minimum Gasteiger partial charge on any atom is -0.384 e. The smallest absolute Gasteiger partial charge is 0.358 e. The molecule has 25 heavy (non-hydrogen) atoms. The molecule has 2 aromatic carbocycles. The number of hydrogen-bond acceptors (Lipinski definition) is 6. The average Bonchev–Trinajstić information content (AvgIpc) is 2.53. The summed E-state index contributed by atoms with van der Waals surface area (Å²) in [5, 5.41) is 3.61. The molecule has 0 aromatic heterocycles. The Hall–Kier alpha value is -2.10. The molecule has 0 saturated heterocycles. The third-order valence-corrected chi connectivity index (χ3v) is 6.11. The molecule has 0 aliphatic heterocycles. The second kappa shape index (κ2) is 7.42. The molecule has 0 unspecified atom stereocenters. The summed E-state index contributed by atoms with van der Waals surface area (Å²) in [5.74, 6) is -1.19. The summed E-state index contributed by atoms with van der Waals surface area (Å²) >= 11 is 5.71. The van der Waals surface area contributed by atoms with Crippen molar-refractivity contribution in [3.05, 3.63) is 59.1 Å². The molecule has 0 radical (unpaired) electrons. The van der Waals surface area contributed by atoms with Crippen LogP contribution in [0.5, 0.6) is 0 Å². The maximum absolute atomic E-state index is 12.2. The van der Waals surface area contributed by atoms with Crippen LogP contribution in [0.2, 0.25) is 5.02 Å². The molecule has 0 amide bonds. The summed E-state index contributed by atoms with van der Waals surface area (Å²) in [7, 11) is -7.98. The van der Waals surface area contributed by atoms with Crippen molar-refractivity contribution in [2.75, 3.05) is 5.75 Å². The Morgan fingerprint density at radius 1 is 1.00 bits per heavy atom. The SMILES string of the molecule is Cc1ccc(S(=O)(=O)O/N=C(\N)CS(=O)(=O)c2ccc(Cl)cc2)cc1. The molecule has 134 valence electrons. The number of amidine groups is 1. The molecule has 10 heteroatoms. The Bertz CT molecular complexity index is 983. The lowest BCUT2D eigenvalue weighted by molar-refractivity contribution is 0.338. The highest BCUT2D eigenvalue weighted by Crippen LogP contribution is 2.16. The average molecular weight is 403 g/mol. The van der Waals surface area contributed by atoms with E-state index in [-0.39, 0.29) is 9.79 Å². The van der Waals surface area contributed by atoms with E-state index in [1.54, 1.807) is 19.1 Å². The van der Waals surface area contributed by atoms with E-state index in [1.165, 1.54) is 36.4 Å². The highest BCUT2D eigenvalue weighted by molar-refractivity contribution is 7.92. The highest BCUT2D eigenvalue weighted by atomic mass is 35.5. The van der Waals surface area contributed by atoms with Gasteiger partial charge < -0.3 is 5.73 Å². The second-order valence-electron chi connectivity index (χ2n) is 5.14. The van der Waals surface area contributed by atoms with Crippen LogP contribution >= 0.6 is 11.6 Å². The minimum absolute atomic E-state index is 0.0172. The fourth-order valence-corrected chi connectivity index (χ4v) is 3.83. The van der Waals surface area contributed by atoms with Gasteiger partial charge in [-0.2, -0.15) is 8.42 Å².